The number of cyclic esters (lactones) is 1. The predicted molar refractivity (Wildman–Crippen MR) is 102 cm³/mol. The second-order valence-electron chi connectivity index (χ2n) is 6.10. The molecule has 1 aliphatic heterocycles. The number of nitrogens with zero attached hydrogens (tertiary/aromatic N) is 1. The SMILES string of the molecule is COc1cccc(N2CC(CNC(=O)c3ccc(OC)c(OC)c3)OC2=O)c1. The molecule has 28 heavy (non-hydrogen) atoms. The molecular weight excluding hydrogens is 364 g/mol. The van der Waals surface area contributed by atoms with Crippen LogP contribution in [-0.2, 0) is 4.74 Å². The molecule has 8 heteroatoms. The maximum atomic E-state index is 12.4. The summed E-state index contributed by atoms with van der Waals surface area (Å²) < 4.78 is 20.9. The van der Waals surface area contributed by atoms with Crippen LogP contribution in [0.1, 0.15) is 10.4 Å². The zero-order valence-corrected chi connectivity index (χ0v) is 15.9. The molecular formula is C20H22N2O6. The Morgan fingerprint density at radius 2 is 1.89 bits per heavy atom. The highest BCUT2D eigenvalue weighted by Gasteiger charge is 2.32. The van der Waals surface area contributed by atoms with E-state index in [1.807, 2.05) is 0 Å². The Morgan fingerprint density at radius 3 is 2.61 bits per heavy atom. The van der Waals surface area contributed by atoms with Gasteiger partial charge < -0.3 is 24.3 Å². The third kappa shape index (κ3) is 4.11. The zero-order valence-electron chi connectivity index (χ0n) is 15.9. The topological polar surface area (TPSA) is 86.3 Å². The Balaban J connectivity index is 1.61. The lowest BCUT2D eigenvalue weighted by Crippen LogP contribution is -2.34. The maximum Gasteiger partial charge on any atom is 0.414 e. The van der Waals surface area contributed by atoms with Crippen LogP contribution in [0.4, 0.5) is 10.5 Å². The highest BCUT2D eigenvalue weighted by atomic mass is 16.6. The van der Waals surface area contributed by atoms with Crippen LogP contribution >= 0.6 is 0 Å². The number of methoxy groups -OCH3 is 3. The molecule has 1 aliphatic rings. The van der Waals surface area contributed by atoms with Gasteiger partial charge in [-0.05, 0) is 30.3 Å². The molecule has 0 spiro atoms. The van der Waals surface area contributed by atoms with Crippen molar-refractivity contribution in [1.29, 1.82) is 0 Å². The lowest BCUT2D eigenvalue weighted by Gasteiger charge is -2.14. The molecule has 2 aromatic carbocycles. The van der Waals surface area contributed by atoms with Gasteiger partial charge in [0.2, 0.25) is 0 Å². The van der Waals surface area contributed by atoms with Crippen LogP contribution in [0.25, 0.3) is 0 Å². The second kappa shape index (κ2) is 8.51. The number of anilines is 1. The van der Waals surface area contributed by atoms with Crippen molar-refractivity contribution in [2.45, 2.75) is 6.10 Å². The van der Waals surface area contributed by atoms with E-state index in [1.54, 1.807) is 49.6 Å². The molecule has 3 rings (SSSR count). The van der Waals surface area contributed by atoms with Crippen LogP contribution < -0.4 is 24.4 Å². The van der Waals surface area contributed by atoms with Gasteiger partial charge in [-0.3, -0.25) is 9.69 Å². The molecule has 2 aromatic rings. The third-order valence-electron chi connectivity index (χ3n) is 4.38. The summed E-state index contributed by atoms with van der Waals surface area (Å²) >= 11 is 0. The van der Waals surface area contributed by atoms with Gasteiger partial charge in [0.15, 0.2) is 11.5 Å². The number of hydrogen-bond donors (Lipinski definition) is 1. The molecule has 0 aromatic heterocycles. The molecule has 148 valence electrons. The summed E-state index contributed by atoms with van der Waals surface area (Å²) in [7, 11) is 4.60. The van der Waals surface area contributed by atoms with Gasteiger partial charge in [0.25, 0.3) is 5.91 Å². The van der Waals surface area contributed by atoms with Gasteiger partial charge in [0, 0.05) is 11.6 Å². The van der Waals surface area contributed by atoms with Gasteiger partial charge >= 0.3 is 6.09 Å². The van der Waals surface area contributed by atoms with Gasteiger partial charge in [0.1, 0.15) is 11.9 Å². The molecule has 1 unspecified atom stereocenters. The van der Waals surface area contributed by atoms with Gasteiger partial charge in [-0.15, -0.1) is 0 Å². The summed E-state index contributed by atoms with van der Waals surface area (Å²) in [6.45, 7) is 0.525. The van der Waals surface area contributed by atoms with Gasteiger partial charge in [-0.2, -0.15) is 0 Å². The fourth-order valence-corrected chi connectivity index (χ4v) is 2.90. The lowest BCUT2D eigenvalue weighted by molar-refractivity contribution is 0.0915. The maximum absolute atomic E-state index is 12.4. The molecule has 1 N–H and O–H groups in total. The van der Waals surface area contributed by atoms with E-state index in [0.717, 1.165) is 0 Å². The Morgan fingerprint density at radius 1 is 1.11 bits per heavy atom. The molecule has 1 fully saturated rings. The highest BCUT2D eigenvalue weighted by Crippen LogP contribution is 2.28. The highest BCUT2D eigenvalue weighted by molar-refractivity contribution is 5.95. The Hall–Kier alpha value is -3.42. The van der Waals surface area contributed by atoms with E-state index < -0.39 is 12.2 Å². The molecule has 2 amide bonds. The molecule has 0 aliphatic carbocycles. The Labute approximate surface area is 162 Å². The van der Waals surface area contributed by atoms with Crippen molar-refractivity contribution in [1.82, 2.24) is 5.32 Å². The van der Waals surface area contributed by atoms with E-state index in [-0.39, 0.29) is 12.5 Å². The van der Waals surface area contributed by atoms with Crippen molar-refractivity contribution >= 4 is 17.7 Å². The number of amides is 2. The molecule has 0 saturated carbocycles. The number of ether oxygens (including phenoxy) is 4. The van der Waals surface area contributed by atoms with Crippen molar-refractivity contribution in [3.8, 4) is 17.2 Å². The predicted octanol–water partition coefficient (Wildman–Crippen LogP) is 2.47. The van der Waals surface area contributed by atoms with Crippen LogP contribution in [0.2, 0.25) is 0 Å². The number of benzene rings is 2. The minimum Gasteiger partial charge on any atom is -0.497 e. The van der Waals surface area contributed by atoms with Crippen LogP contribution in [0.15, 0.2) is 42.5 Å². The largest absolute Gasteiger partial charge is 0.497 e. The van der Waals surface area contributed by atoms with E-state index in [4.69, 9.17) is 18.9 Å². The van der Waals surface area contributed by atoms with Gasteiger partial charge in [-0.1, -0.05) is 6.07 Å². The molecule has 8 nitrogen and oxygen atoms in total. The summed E-state index contributed by atoms with van der Waals surface area (Å²) in [5.74, 6) is 1.36. The summed E-state index contributed by atoms with van der Waals surface area (Å²) in [5.41, 5.74) is 1.10. The minimum absolute atomic E-state index is 0.194. The first kappa shape index (κ1) is 19.3. The van der Waals surface area contributed by atoms with Crippen LogP contribution in [0, 0.1) is 0 Å². The average molecular weight is 386 g/mol. The quantitative estimate of drug-likeness (QED) is 0.787. The third-order valence-corrected chi connectivity index (χ3v) is 4.38. The number of carbonyl (C=O) groups excluding carboxylic acids is 2. The van der Waals surface area contributed by atoms with E-state index in [9.17, 15) is 9.59 Å². The van der Waals surface area contributed by atoms with Crippen molar-refractivity contribution in [3.63, 3.8) is 0 Å². The monoisotopic (exact) mass is 386 g/mol. The van der Waals surface area contributed by atoms with Crippen molar-refractivity contribution in [2.75, 3.05) is 39.3 Å². The molecule has 1 saturated heterocycles. The van der Waals surface area contributed by atoms with E-state index in [0.29, 0.717) is 35.0 Å². The molecule has 1 heterocycles. The van der Waals surface area contributed by atoms with Crippen molar-refractivity contribution in [3.05, 3.63) is 48.0 Å². The normalized spacial score (nSPS) is 15.8. The second-order valence-corrected chi connectivity index (χ2v) is 6.10. The summed E-state index contributed by atoms with van der Waals surface area (Å²) in [4.78, 5) is 26.1. The zero-order chi connectivity index (χ0) is 20.1. The fourth-order valence-electron chi connectivity index (χ4n) is 2.90. The Kier molecular flexibility index (Phi) is 5.88. The van der Waals surface area contributed by atoms with E-state index >= 15 is 0 Å². The van der Waals surface area contributed by atoms with E-state index in [1.165, 1.54) is 19.1 Å². The van der Waals surface area contributed by atoms with E-state index in [2.05, 4.69) is 5.32 Å². The first-order valence-electron chi connectivity index (χ1n) is 8.68. The van der Waals surface area contributed by atoms with Gasteiger partial charge in [0.05, 0.1) is 40.1 Å². The minimum atomic E-state index is -0.460. The van der Waals surface area contributed by atoms with Crippen LogP contribution in [-0.4, -0.2) is 52.5 Å². The first-order valence-corrected chi connectivity index (χ1v) is 8.68. The van der Waals surface area contributed by atoms with Crippen LogP contribution in [0.5, 0.6) is 17.2 Å². The molecule has 0 radical (unpaired) electrons. The number of hydrogen-bond acceptors (Lipinski definition) is 6. The van der Waals surface area contributed by atoms with Crippen molar-refractivity contribution < 1.29 is 28.5 Å². The molecule has 1 atom stereocenters. The average Bonchev–Trinajstić information content (AvgIpc) is 3.12. The first-order chi connectivity index (χ1) is 13.5. The number of nitrogens with one attached hydrogen (secondary N) is 1. The summed E-state index contributed by atoms with van der Waals surface area (Å²) in [5, 5.41) is 2.78. The van der Waals surface area contributed by atoms with Crippen LogP contribution in [0.3, 0.4) is 0 Å². The summed E-state index contributed by atoms with van der Waals surface area (Å²) in [6, 6.07) is 12.0. The van der Waals surface area contributed by atoms with Gasteiger partial charge in [-0.25, -0.2) is 4.79 Å². The Bertz CT molecular complexity index is 870. The summed E-state index contributed by atoms with van der Waals surface area (Å²) in [6.07, 6.45) is -0.915. The van der Waals surface area contributed by atoms with Crippen molar-refractivity contribution in [2.24, 2.45) is 0 Å². The smallest absolute Gasteiger partial charge is 0.414 e. The lowest BCUT2D eigenvalue weighted by atomic mass is 10.2. The number of rotatable bonds is 7. The number of carbonyl (C=O) groups is 2. The fraction of sp³-hybridized carbons (Fsp3) is 0.300. The standard InChI is InChI=1S/C20H22N2O6/c1-25-15-6-4-5-14(10-15)22-12-16(28-20(22)24)11-21-19(23)13-7-8-17(26-2)18(9-13)27-3/h4-10,16H,11-12H2,1-3H3,(H,21,23). The molecule has 0 bridgehead atoms.